The Bertz CT molecular complexity index is 1480. The van der Waals surface area contributed by atoms with Gasteiger partial charge < -0.3 is 14.8 Å². The first-order valence-corrected chi connectivity index (χ1v) is 11.9. The average Bonchev–Trinajstić information content (AvgIpc) is 3.14. The fraction of sp³-hybridized carbons (Fsp3) is 0.214. The SMILES string of the molecule is O=C(COC(=O)c1ccc2c(=O)n3c(nc2c1)CCCCC3)Nc1ccccc1Oc1ccccc1. The topological polar surface area (TPSA) is 99.5 Å². The van der Waals surface area contributed by atoms with Crippen LogP contribution in [0.25, 0.3) is 10.9 Å². The van der Waals surface area contributed by atoms with Crippen LogP contribution in [0.3, 0.4) is 0 Å². The monoisotopic (exact) mass is 483 g/mol. The van der Waals surface area contributed by atoms with Crippen LogP contribution in [0.5, 0.6) is 11.5 Å². The average molecular weight is 484 g/mol. The van der Waals surface area contributed by atoms with Crippen molar-refractivity contribution >= 4 is 28.5 Å². The van der Waals surface area contributed by atoms with E-state index >= 15 is 0 Å². The zero-order valence-corrected chi connectivity index (χ0v) is 19.6. The molecule has 8 heteroatoms. The highest BCUT2D eigenvalue weighted by Gasteiger charge is 2.17. The van der Waals surface area contributed by atoms with E-state index in [1.54, 1.807) is 41.0 Å². The lowest BCUT2D eigenvalue weighted by Gasteiger charge is -2.12. The van der Waals surface area contributed by atoms with E-state index in [1.165, 1.54) is 6.07 Å². The molecule has 0 aliphatic carbocycles. The molecule has 1 aliphatic rings. The van der Waals surface area contributed by atoms with Crippen LogP contribution in [0.2, 0.25) is 0 Å². The molecule has 5 rings (SSSR count). The van der Waals surface area contributed by atoms with Gasteiger partial charge in [-0.1, -0.05) is 36.8 Å². The lowest BCUT2D eigenvalue weighted by atomic mass is 10.1. The second-order valence-electron chi connectivity index (χ2n) is 8.56. The molecule has 1 N–H and O–H groups in total. The first-order valence-electron chi connectivity index (χ1n) is 11.9. The van der Waals surface area contributed by atoms with E-state index in [0.717, 1.165) is 31.5 Å². The number of para-hydroxylation sites is 3. The largest absolute Gasteiger partial charge is 0.455 e. The normalized spacial score (nSPS) is 12.9. The van der Waals surface area contributed by atoms with Crippen molar-refractivity contribution < 1.29 is 19.1 Å². The second kappa shape index (κ2) is 10.4. The number of carbonyl (C=O) groups is 2. The minimum Gasteiger partial charge on any atom is -0.455 e. The number of nitrogens with zero attached hydrogens (tertiary/aromatic N) is 2. The molecule has 182 valence electrons. The van der Waals surface area contributed by atoms with Gasteiger partial charge in [0.2, 0.25) is 0 Å². The van der Waals surface area contributed by atoms with Gasteiger partial charge >= 0.3 is 5.97 Å². The Morgan fingerprint density at radius 2 is 1.75 bits per heavy atom. The Kier molecular flexibility index (Phi) is 6.75. The number of hydrogen-bond acceptors (Lipinski definition) is 6. The first-order chi connectivity index (χ1) is 17.6. The van der Waals surface area contributed by atoms with Crippen LogP contribution < -0.4 is 15.6 Å². The molecule has 0 unspecified atom stereocenters. The molecule has 0 fully saturated rings. The standard InChI is InChI=1S/C28H25N3O5/c32-26(30-22-11-6-7-12-24(22)36-20-9-3-1-4-10-20)18-35-28(34)19-14-15-21-23(17-19)29-25-13-5-2-8-16-31(25)27(21)33/h1,3-4,6-7,9-12,14-15,17H,2,5,8,13,16,18H2,(H,30,32). The predicted octanol–water partition coefficient (Wildman–Crippen LogP) is 4.71. The summed E-state index contributed by atoms with van der Waals surface area (Å²) >= 11 is 0. The molecule has 1 aliphatic heterocycles. The number of rotatable bonds is 6. The summed E-state index contributed by atoms with van der Waals surface area (Å²) < 4.78 is 12.8. The summed E-state index contributed by atoms with van der Waals surface area (Å²) in [7, 11) is 0. The van der Waals surface area contributed by atoms with Crippen molar-refractivity contribution in [1.82, 2.24) is 9.55 Å². The van der Waals surface area contributed by atoms with Gasteiger partial charge in [-0.2, -0.15) is 0 Å². The number of aryl methyl sites for hydroxylation is 1. The number of esters is 1. The molecule has 0 saturated heterocycles. The summed E-state index contributed by atoms with van der Waals surface area (Å²) in [6.45, 7) is 0.187. The number of aromatic nitrogens is 2. The molecule has 1 aromatic heterocycles. The molecule has 0 atom stereocenters. The summed E-state index contributed by atoms with van der Waals surface area (Å²) in [5, 5.41) is 3.18. The van der Waals surface area contributed by atoms with E-state index in [2.05, 4.69) is 10.3 Å². The first kappa shape index (κ1) is 23.3. The number of benzene rings is 3. The van der Waals surface area contributed by atoms with Crippen molar-refractivity contribution in [3.63, 3.8) is 0 Å². The Hall–Kier alpha value is -4.46. The molecule has 0 bridgehead atoms. The molecule has 0 spiro atoms. The van der Waals surface area contributed by atoms with Crippen molar-refractivity contribution in [1.29, 1.82) is 0 Å². The highest BCUT2D eigenvalue weighted by molar-refractivity contribution is 5.98. The van der Waals surface area contributed by atoms with Crippen molar-refractivity contribution in [2.75, 3.05) is 11.9 Å². The molecule has 0 radical (unpaired) electrons. The molecule has 2 heterocycles. The molecule has 36 heavy (non-hydrogen) atoms. The summed E-state index contributed by atoms with van der Waals surface area (Å²) in [6.07, 6.45) is 3.72. The molecule has 4 aromatic rings. The predicted molar refractivity (Wildman–Crippen MR) is 135 cm³/mol. The fourth-order valence-corrected chi connectivity index (χ4v) is 4.22. The van der Waals surface area contributed by atoms with Crippen LogP contribution in [0.1, 0.15) is 35.4 Å². The summed E-state index contributed by atoms with van der Waals surface area (Å²) in [5.41, 5.74) is 1.05. The van der Waals surface area contributed by atoms with E-state index in [1.807, 2.05) is 30.3 Å². The number of carbonyl (C=O) groups excluding carboxylic acids is 2. The van der Waals surface area contributed by atoms with Crippen molar-refractivity contribution in [3.05, 3.63) is 94.5 Å². The van der Waals surface area contributed by atoms with E-state index in [0.29, 0.717) is 34.6 Å². The van der Waals surface area contributed by atoms with E-state index < -0.39 is 18.5 Å². The zero-order chi connectivity index (χ0) is 24.9. The highest BCUT2D eigenvalue weighted by Crippen LogP contribution is 2.29. The minimum atomic E-state index is -0.669. The number of fused-ring (bicyclic) bond motifs is 2. The van der Waals surface area contributed by atoms with Gasteiger partial charge in [0.15, 0.2) is 12.4 Å². The summed E-state index contributed by atoms with van der Waals surface area (Å²) in [5.74, 6) is 0.667. The lowest BCUT2D eigenvalue weighted by Crippen LogP contribution is -2.25. The molecule has 8 nitrogen and oxygen atoms in total. The van der Waals surface area contributed by atoms with Crippen molar-refractivity contribution in [3.8, 4) is 11.5 Å². The van der Waals surface area contributed by atoms with Gasteiger partial charge in [0, 0.05) is 13.0 Å². The van der Waals surface area contributed by atoms with Gasteiger partial charge in [0.1, 0.15) is 11.6 Å². The van der Waals surface area contributed by atoms with E-state index in [4.69, 9.17) is 9.47 Å². The molecular formula is C28H25N3O5. The Morgan fingerprint density at radius 1 is 0.944 bits per heavy atom. The summed E-state index contributed by atoms with van der Waals surface area (Å²) in [6, 6.07) is 20.9. The van der Waals surface area contributed by atoms with E-state index in [9.17, 15) is 14.4 Å². The van der Waals surface area contributed by atoms with Gasteiger partial charge in [-0.25, -0.2) is 9.78 Å². The van der Waals surface area contributed by atoms with Crippen LogP contribution >= 0.6 is 0 Å². The third-order valence-electron chi connectivity index (χ3n) is 6.02. The second-order valence-corrected chi connectivity index (χ2v) is 8.56. The van der Waals surface area contributed by atoms with Crippen LogP contribution in [-0.2, 0) is 22.5 Å². The Morgan fingerprint density at radius 3 is 2.61 bits per heavy atom. The molecule has 3 aromatic carbocycles. The van der Waals surface area contributed by atoms with Crippen molar-refractivity contribution in [2.45, 2.75) is 32.2 Å². The molecular weight excluding hydrogens is 458 g/mol. The number of nitrogens with one attached hydrogen (secondary N) is 1. The van der Waals surface area contributed by atoms with Gasteiger partial charge in [-0.05, 0) is 55.3 Å². The minimum absolute atomic E-state index is 0.0902. The number of amides is 1. The Balaban J connectivity index is 1.26. The Labute approximate surface area is 207 Å². The van der Waals surface area contributed by atoms with Gasteiger partial charge in [0.05, 0.1) is 22.2 Å². The van der Waals surface area contributed by atoms with Gasteiger partial charge in [-0.3, -0.25) is 14.2 Å². The van der Waals surface area contributed by atoms with Crippen LogP contribution in [0.15, 0.2) is 77.6 Å². The van der Waals surface area contributed by atoms with Crippen LogP contribution in [0, 0.1) is 0 Å². The maximum Gasteiger partial charge on any atom is 0.338 e. The van der Waals surface area contributed by atoms with Gasteiger partial charge in [0.25, 0.3) is 11.5 Å². The van der Waals surface area contributed by atoms with Gasteiger partial charge in [-0.15, -0.1) is 0 Å². The summed E-state index contributed by atoms with van der Waals surface area (Å²) in [4.78, 5) is 42.7. The quantitative estimate of drug-likeness (QED) is 0.399. The third-order valence-corrected chi connectivity index (χ3v) is 6.02. The zero-order valence-electron chi connectivity index (χ0n) is 19.6. The van der Waals surface area contributed by atoms with Crippen LogP contribution in [0.4, 0.5) is 5.69 Å². The van der Waals surface area contributed by atoms with E-state index in [-0.39, 0.29) is 11.1 Å². The maximum absolute atomic E-state index is 12.9. The smallest absolute Gasteiger partial charge is 0.338 e. The highest BCUT2D eigenvalue weighted by atomic mass is 16.5. The number of hydrogen-bond donors (Lipinski definition) is 1. The molecule has 1 amide bonds. The fourth-order valence-electron chi connectivity index (χ4n) is 4.22. The maximum atomic E-state index is 12.9. The third kappa shape index (κ3) is 5.12. The lowest BCUT2D eigenvalue weighted by molar-refractivity contribution is -0.119. The van der Waals surface area contributed by atoms with Crippen LogP contribution in [-0.4, -0.2) is 28.0 Å². The molecule has 0 saturated carbocycles. The number of ether oxygens (including phenoxy) is 2. The number of anilines is 1. The van der Waals surface area contributed by atoms with Crippen molar-refractivity contribution in [2.24, 2.45) is 0 Å².